The molecule has 2 aromatic rings. The van der Waals surface area contributed by atoms with Crippen LogP contribution in [-0.4, -0.2) is 20.2 Å². The molecule has 3 rings (SSSR count). The van der Waals surface area contributed by atoms with Crippen molar-refractivity contribution in [3.8, 4) is 5.75 Å². The fourth-order valence-electron chi connectivity index (χ4n) is 2.47. The second-order valence-corrected chi connectivity index (χ2v) is 5.69. The fourth-order valence-corrected chi connectivity index (χ4v) is 3.73. The summed E-state index contributed by atoms with van der Waals surface area (Å²) in [6.45, 7) is 2.31. The lowest BCUT2D eigenvalue weighted by Crippen LogP contribution is -2.26. The molecule has 0 unspecified atom stereocenters. The molecule has 1 fully saturated rings. The number of piperidine rings is 1. The molecule has 0 bridgehead atoms. The number of rotatable bonds is 2. The molecule has 0 saturated carbocycles. The Morgan fingerprint density at radius 2 is 2.06 bits per heavy atom. The Hall–Kier alpha value is -1.06. The van der Waals surface area contributed by atoms with Crippen LogP contribution in [0.25, 0.3) is 10.1 Å². The summed E-state index contributed by atoms with van der Waals surface area (Å²) in [5.41, 5.74) is 0. The van der Waals surface area contributed by atoms with Crippen LogP contribution in [0.15, 0.2) is 24.3 Å². The van der Waals surface area contributed by atoms with E-state index in [2.05, 4.69) is 23.5 Å². The molecule has 17 heavy (non-hydrogen) atoms. The second kappa shape index (κ2) is 4.67. The summed E-state index contributed by atoms with van der Waals surface area (Å²) in [5, 5.41) is 4.77. The van der Waals surface area contributed by atoms with E-state index in [9.17, 15) is 0 Å². The summed E-state index contributed by atoms with van der Waals surface area (Å²) in [7, 11) is 1.72. The number of fused-ring (bicyclic) bond motifs is 1. The van der Waals surface area contributed by atoms with Crippen LogP contribution in [-0.2, 0) is 0 Å². The molecule has 0 aliphatic carbocycles. The molecular formula is C14H17NOS. The van der Waals surface area contributed by atoms with Crippen molar-refractivity contribution in [2.45, 2.75) is 18.8 Å². The van der Waals surface area contributed by atoms with Gasteiger partial charge >= 0.3 is 0 Å². The number of ether oxygens (including phenoxy) is 1. The van der Waals surface area contributed by atoms with Crippen molar-refractivity contribution in [2.75, 3.05) is 20.2 Å². The molecular weight excluding hydrogens is 230 g/mol. The minimum absolute atomic E-state index is 0.750. The molecule has 90 valence electrons. The number of methoxy groups -OCH3 is 1. The second-order valence-electron chi connectivity index (χ2n) is 4.58. The van der Waals surface area contributed by atoms with Crippen LogP contribution >= 0.6 is 11.3 Å². The standard InChI is InChI=1S/C14H17NOS/c1-16-12-3-2-11-8-13(17-14(11)9-12)10-4-6-15-7-5-10/h2-3,8-10,15H,4-7H2,1H3. The minimum atomic E-state index is 0.750. The van der Waals surface area contributed by atoms with Crippen LogP contribution in [0.3, 0.4) is 0 Å². The molecule has 0 amide bonds. The Morgan fingerprint density at radius 3 is 2.82 bits per heavy atom. The van der Waals surface area contributed by atoms with Gasteiger partial charge in [-0.2, -0.15) is 0 Å². The summed E-state index contributed by atoms with van der Waals surface area (Å²) in [6, 6.07) is 8.70. The largest absolute Gasteiger partial charge is 0.497 e. The number of benzene rings is 1. The fraction of sp³-hybridized carbons (Fsp3) is 0.429. The first kappa shape index (κ1) is 11.1. The van der Waals surface area contributed by atoms with Crippen molar-refractivity contribution in [1.82, 2.24) is 5.32 Å². The van der Waals surface area contributed by atoms with Crippen molar-refractivity contribution < 1.29 is 4.74 Å². The Morgan fingerprint density at radius 1 is 1.24 bits per heavy atom. The molecule has 0 atom stereocenters. The zero-order valence-electron chi connectivity index (χ0n) is 10.0. The molecule has 1 aliphatic heterocycles. The molecule has 1 saturated heterocycles. The first-order valence-electron chi connectivity index (χ1n) is 6.15. The smallest absolute Gasteiger partial charge is 0.120 e. The van der Waals surface area contributed by atoms with Crippen molar-refractivity contribution in [3.05, 3.63) is 29.1 Å². The van der Waals surface area contributed by atoms with Gasteiger partial charge in [0, 0.05) is 9.58 Å². The Bertz CT molecular complexity index is 514. The molecule has 0 radical (unpaired) electrons. The predicted molar refractivity (Wildman–Crippen MR) is 73.2 cm³/mol. The summed E-state index contributed by atoms with van der Waals surface area (Å²) in [4.78, 5) is 1.54. The van der Waals surface area contributed by atoms with Gasteiger partial charge < -0.3 is 10.1 Å². The van der Waals surface area contributed by atoms with E-state index in [0.29, 0.717) is 0 Å². The van der Waals surface area contributed by atoms with Gasteiger partial charge in [0.05, 0.1) is 7.11 Å². The van der Waals surface area contributed by atoms with Crippen molar-refractivity contribution in [3.63, 3.8) is 0 Å². The maximum atomic E-state index is 5.27. The van der Waals surface area contributed by atoms with E-state index >= 15 is 0 Å². The quantitative estimate of drug-likeness (QED) is 0.878. The van der Waals surface area contributed by atoms with Gasteiger partial charge in [0.2, 0.25) is 0 Å². The summed E-state index contributed by atoms with van der Waals surface area (Å²) >= 11 is 1.93. The highest BCUT2D eigenvalue weighted by molar-refractivity contribution is 7.19. The first-order chi connectivity index (χ1) is 8.36. The van der Waals surface area contributed by atoms with Crippen molar-refractivity contribution >= 4 is 21.4 Å². The van der Waals surface area contributed by atoms with Gasteiger partial charge in [0.15, 0.2) is 0 Å². The van der Waals surface area contributed by atoms with Gasteiger partial charge in [0.1, 0.15) is 5.75 Å². The van der Waals surface area contributed by atoms with E-state index in [1.807, 2.05) is 17.4 Å². The molecule has 1 aromatic carbocycles. The normalized spacial score (nSPS) is 17.5. The number of hydrogen-bond donors (Lipinski definition) is 1. The van der Waals surface area contributed by atoms with Crippen LogP contribution in [0, 0.1) is 0 Å². The van der Waals surface area contributed by atoms with Gasteiger partial charge in [-0.15, -0.1) is 11.3 Å². The maximum Gasteiger partial charge on any atom is 0.120 e. The average Bonchev–Trinajstić information content (AvgIpc) is 2.82. The van der Waals surface area contributed by atoms with E-state index in [-0.39, 0.29) is 0 Å². The SMILES string of the molecule is COc1ccc2cc(C3CCNCC3)sc2c1. The minimum Gasteiger partial charge on any atom is -0.497 e. The van der Waals surface area contributed by atoms with E-state index in [1.54, 1.807) is 7.11 Å². The van der Waals surface area contributed by atoms with Crippen LogP contribution in [0.5, 0.6) is 5.75 Å². The highest BCUT2D eigenvalue weighted by Gasteiger charge is 2.17. The van der Waals surface area contributed by atoms with Crippen LogP contribution in [0.1, 0.15) is 23.6 Å². The van der Waals surface area contributed by atoms with Crippen LogP contribution < -0.4 is 10.1 Å². The summed E-state index contributed by atoms with van der Waals surface area (Å²) < 4.78 is 6.62. The Labute approximate surface area is 106 Å². The highest BCUT2D eigenvalue weighted by Crippen LogP contribution is 2.36. The molecule has 2 nitrogen and oxygen atoms in total. The molecule has 3 heteroatoms. The highest BCUT2D eigenvalue weighted by atomic mass is 32.1. The van der Waals surface area contributed by atoms with E-state index < -0.39 is 0 Å². The topological polar surface area (TPSA) is 21.3 Å². The lowest BCUT2D eigenvalue weighted by atomic mass is 9.96. The summed E-state index contributed by atoms with van der Waals surface area (Å²) in [6.07, 6.45) is 2.54. The van der Waals surface area contributed by atoms with Gasteiger partial charge in [-0.3, -0.25) is 0 Å². The van der Waals surface area contributed by atoms with Crippen LogP contribution in [0.4, 0.5) is 0 Å². The van der Waals surface area contributed by atoms with Crippen molar-refractivity contribution in [1.29, 1.82) is 0 Å². The zero-order valence-corrected chi connectivity index (χ0v) is 10.8. The third-order valence-electron chi connectivity index (χ3n) is 3.49. The monoisotopic (exact) mass is 247 g/mol. The molecule has 2 heterocycles. The maximum absolute atomic E-state index is 5.27. The Kier molecular flexibility index (Phi) is 3.04. The molecule has 1 aromatic heterocycles. The number of nitrogens with one attached hydrogen (secondary N) is 1. The molecule has 1 aliphatic rings. The van der Waals surface area contributed by atoms with Gasteiger partial charge in [0.25, 0.3) is 0 Å². The predicted octanol–water partition coefficient (Wildman–Crippen LogP) is 3.38. The van der Waals surface area contributed by atoms with E-state index in [1.165, 1.54) is 27.8 Å². The first-order valence-corrected chi connectivity index (χ1v) is 6.96. The van der Waals surface area contributed by atoms with Gasteiger partial charge in [-0.05, 0) is 61.5 Å². The van der Waals surface area contributed by atoms with Gasteiger partial charge in [-0.25, -0.2) is 0 Å². The third-order valence-corrected chi connectivity index (χ3v) is 4.75. The van der Waals surface area contributed by atoms with E-state index in [4.69, 9.17) is 4.74 Å². The van der Waals surface area contributed by atoms with Gasteiger partial charge in [-0.1, -0.05) is 0 Å². The van der Waals surface area contributed by atoms with Crippen molar-refractivity contribution in [2.24, 2.45) is 0 Å². The zero-order chi connectivity index (χ0) is 11.7. The summed E-state index contributed by atoms with van der Waals surface area (Å²) in [5.74, 6) is 1.70. The van der Waals surface area contributed by atoms with Crippen LogP contribution in [0.2, 0.25) is 0 Å². The number of hydrogen-bond acceptors (Lipinski definition) is 3. The lowest BCUT2D eigenvalue weighted by Gasteiger charge is -2.21. The lowest BCUT2D eigenvalue weighted by molar-refractivity contribution is 0.415. The Balaban J connectivity index is 1.95. The number of thiophene rings is 1. The average molecular weight is 247 g/mol. The molecule has 1 N–H and O–H groups in total. The third kappa shape index (κ3) is 2.17. The van der Waals surface area contributed by atoms with E-state index in [0.717, 1.165) is 24.8 Å². The molecule has 0 spiro atoms.